The Labute approximate surface area is 235 Å². The summed E-state index contributed by atoms with van der Waals surface area (Å²) in [5.74, 6) is 0. The summed E-state index contributed by atoms with van der Waals surface area (Å²) in [5, 5.41) is 27.6. The summed E-state index contributed by atoms with van der Waals surface area (Å²) < 4.78 is 156. The maximum Gasteiger partial charge on any atom is 0.416 e. The summed E-state index contributed by atoms with van der Waals surface area (Å²) in [7, 11) is 0. The zero-order chi connectivity index (χ0) is 32.8. The van der Waals surface area contributed by atoms with Gasteiger partial charge in [-0.25, -0.2) is 0 Å². The van der Waals surface area contributed by atoms with Crippen LogP contribution in [0.2, 0.25) is 0 Å². The van der Waals surface area contributed by atoms with Crippen LogP contribution < -0.4 is 0 Å². The lowest BCUT2D eigenvalue weighted by atomic mass is 10.0. The molecule has 43 heavy (non-hydrogen) atoms. The zero-order valence-electron chi connectivity index (χ0n) is 21.4. The Bertz CT molecular complexity index is 1250. The quantitative estimate of drug-likeness (QED) is 0.232. The van der Waals surface area contributed by atoms with Crippen LogP contribution in [-0.2, 0) is 36.0 Å². The topological polar surface area (TPSA) is 69.9 Å². The van der Waals surface area contributed by atoms with Gasteiger partial charge in [-0.05, 0) is 53.1 Å². The number of hydrogen-bond donors (Lipinski definition) is 3. The Morgan fingerprint density at radius 3 is 1.21 bits per heavy atom. The Morgan fingerprint density at radius 1 is 0.535 bits per heavy atom. The second kappa shape index (κ2) is 14.0. The van der Waals surface area contributed by atoms with Gasteiger partial charge >= 0.3 is 24.7 Å². The minimum absolute atomic E-state index is 0.0149. The average molecular weight is 638 g/mol. The molecule has 0 saturated heterocycles. The van der Waals surface area contributed by atoms with Gasteiger partial charge in [0.15, 0.2) is 0 Å². The van der Waals surface area contributed by atoms with E-state index >= 15 is 0 Å². The van der Waals surface area contributed by atoms with Gasteiger partial charge in [0, 0.05) is 0 Å². The van der Waals surface area contributed by atoms with Crippen LogP contribution in [0.4, 0.5) is 52.7 Å². The van der Waals surface area contributed by atoms with Crippen LogP contribution in [0.15, 0.2) is 66.7 Å². The Kier molecular flexibility index (Phi) is 11.6. The van der Waals surface area contributed by atoms with Gasteiger partial charge in [0.2, 0.25) is 0 Å². The van der Waals surface area contributed by atoms with Crippen LogP contribution in [0, 0.1) is 0 Å². The molecule has 0 aliphatic rings. The average Bonchev–Trinajstić information content (AvgIpc) is 2.91. The predicted molar refractivity (Wildman–Crippen MR) is 126 cm³/mol. The molecule has 3 N–H and O–H groups in total. The molecule has 0 aromatic heterocycles. The Morgan fingerprint density at radius 2 is 0.884 bits per heavy atom. The standard InChI is InChI=1S/C17H14F6O2.C10H8F6O2/c18-16(19,20)13-6-12(7-14(8-13)17(21,22)23)15(24)10-25-9-11-4-2-1-3-5-11;11-9(12,13)6-1-5(8(18)4-17)2-7(3-6)10(14,15)16/h1-8,15,24H,9-10H2;1-3,8,17-18H,4H2/t15-;8-/m11/s1. The number of aliphatic hydroxyl groups excluding tert-OH is 3. The Balaban J connectivity index is 0.000000317. The molecule has 4 nitrogen and oxygen atoms in total. The molecule has 0 amide bonds. The van der Waals surface area contributed by atoms with Crippen LogP contribution in [0.25, 0.3) is 0 Å². The van der Waals surface area contributed by atoms with E-state index in [0.717, 1.165) is 5.56 Å². The van der Waals surface area contributed by atoms with E-state index in [9.17, 15) is 57.8 Å². The summed E-state index contributed by atoms with van der Waals surface area (Å²) in [4.78, 5) is 0. The van der Waals surface area contributed by atoms with Gasteiger partial charge in [0.25, 0.3) is 0 Å². The van der Waals surface area contributed by atoms with Gasteiger partial charge in [-0.3, -0.25) is 0 Å². The van der Waals surface area contributed by atoms with Crippen LogP contribution in [0.5, 0.6) is 0 Å². The maximum absolute atomic E-state index is 12.8. The predicted octanol–water partition coefficient (Wildman–Crippen LogP) is 7.72. The van der Waals surface area contributed by atoms with Crippen molar-refractivity contribution in [1.29, 1.82) is 0 Å². The van der Waals surface area contributed by atoms with Gasteiger partial charge in [-0.1, -0.05) is 30.3 Å². The van der Waals surface area contributed by atoms with Crippen LogP contribution in [0.1, 0.15) is 51.2 Å². The molecule has 0 spiro atoms. The molecular formula is C27H22F12O4. The van der Waals surface area contributed by atoms with Crippen molar-refractivity contribution >= 4 is 0 Å². The van der Waals surface area contributed by atoms with Crippen molar-refractivity contribution in [1.82, 2.24) is 0 Å². The van der Waals surface area contributed by atoms with E-state index in [2.05, 4.69) is 0 Å². The first-order valence-corrected chi connectivity index (χ1v) is 11.8. The first-order chi connectivity index (χ1) is 19.6. The fourth-order valence-corrected chi connectivity index (χ4v) is 3.41. The number of alkyl halides is 12. The Hall–Kier alpha value is -3.34. The molecule has 0 aliphatic carbocycles. The van der Waals surface area contributed by atoms with Crippen molar-refractivity contribution in [3.63, 3.8) is 0 Å². The molecule has 238 valence electrons. The first kappa shape index (κ1) is 35.9. The van der Waals surface area contributed by atoms with Crippen molar-refractivity contribution in [2.24, 2.45) is 0 Å². The molecule has 0 radical (unpaired) electrons. The van der Waals surface area contributed by atoms with E-state index in [1.165, 1.54) is 0 Å². The molecule has 16 heteroatoms. The van der Waals surface area contributed by atoms with Gasteiger partial charge in [-0.15, -0.1) is 0 Å². The van der Waals surface area contributed by atoms with Crippen molar-refractivity contribution in [3.05, 3.63) is 106 Å². The van der Waals surface area contributed by atoms with Crippen LogP contribution in [0.3, 0.4) is 0 Å². The highest BCUT2D eigenvalue weighted by Gasteiger charge is 2.38. The number of halogens is 12. The monoisotopic (exact) mass is 638 g/mol. The summed E-state index contributed by atoms with van der Waals surface area (Å²) in [6, 6.07) is 10.4. The fourth-order valence-electron chi connectivity index (χ4n) is 3.41. The van der Waals surface area contributed by atoms with Gasteiger partial charge in [0.05, 0.1) is 42.1 Å². The van der Waals surface area contributed by atoms with E-state index < -0.39 is 83.5 Å². The van der Waals surface area contributed by atoms with Crippen molar-refractivity contribution < 1.29 is 72.7 Å². The molecule has 3 rings (SSSR count). The lowest BCUT2D eigenvalue weighted by Crippen LogP contribution is -2.14. The smallest absolute Gasteiger partial charge is 0.393 e. The summed E-state index contributed by atoms with van der Waals surface area (Å²) >= 11 is 0. The van der Waals surface area contributed by atoms with Gasteiger partial charge < -0.3 is 20.1 Å². The van der Waals surface area contributed by atoms with Crippen molar-refractivity contribution in [3.8, 4) is 0 Å². The van der Waals surface area contributed by atoms with Crippen LogP contribution in [-0.4, -0.2) is 28.5 Å². The molecule has 0 aliphatic heterocycles. The van der Waals surface area contributed by atoms with E-state index in [-0.39, 0.29) is 18.7 Å². The third-order valence-corrected chi connectivity index (χ3v) is 5.55. The number of aliphatic hydroxyl groups is 3. The minimum Gasteiger partial charge on any atom is -0.393 e. The molecule has 0 heterocycles. The molecule has 2 atom stereocenters. The second-order valence-electron chi connectivity index (χ2n) is 8.89. The highest BCUT2D eigenvalue weighted by atomic mass is 19.4. The lowest BCUT2D eigenvalue weighted by molar-refractivity contribution is -0.144. The number of hydrogen-bond acceptors (Lipinski definition) is 4. The molecule has 0 fully saturated rings. The number of ether oxygens (including phenoxy) is 1. The first-order valence-electron chi connectivity index (χ1n) is 11.8. The fraction of sp³-hybridized carbons (Fsp3) is 0.333. The largest absolute Gasteiger partial charge is 0.416 e. The minimum atomic E-state index is -4.97. The third kappa shape index (κ3) is 11.0. The molecule has 0 unspecified atom stereocenters. The number of benzene rings is 3. The normalized spacial score (nSPS) is 14.1. The number of rotatable bonds is 7. The molecule has 0 bridgehead atoms. The summed E-state index contributed by atoms with van der Waals surface area (Å²) in [6.45, 7) is -1.34. The highest BCUT2D eigenvalue weighted by Crippen LogP contribution is 2.39. The summed E-state index contributed by atoms with van der Waals surface area (Å²) in [6.07, 6.45) is -23.3. The van der Waals surface area contributed by atoms with Crippen LogP contribution >= 0.6 is 0 Å². The zero-order valence-corrected chi connectivity index (χ0v) is 21.4. The van der Waals surface area contributed by atoms with Crippen molar-refractivity contribution in [2.75, 3.05) is 13.2 Å². The maximum atomic E-state index is 12.8. The van der Waals surface area contributed by atoms with Crippen molar-refractivity contribution in [2.45, 2.75) is 43.5 Å². The van der Waals surface area contributed by atoms with Gasteiger partial charge in [-0.2, -0.15) is 52.7 Å². The van der Waals surface area contributed by atoms with E-state index in [1.807, 2.05) is 0 Å². The van der Waals surface area contributed by atoms with E-state index in [1.54, 1.807) is 30.3 Å². The third-order valence-electron chi connectivity index (χ3n) is 5.55. The molecule has 0 saturated carbocycles. The highest BCUT2D eigenvalue weighted by molar-refractivity contribution is 5.36. The molecule has 3 aromatic rings. The second-order valence-corrected chi connectivity index (χ2v) is 8.89. The molecular weight excluding hydrogens is 616 g/mol. The van der Waals surface area contributed by atoms with E-state index in [4.69, 9.17) is 14.9 Å². The lowest BCUT2D eigenvalue weighted by Gasteiger charge is -2.17. The van der Waals surface area contributed by atoms with E-state index in [0.29, 0.717) is 24.3 Å². The summed E-state index contributed by atoms with van der Waals surface area (Å²) in [5.41, 5.74) is -6.39. The SMILES string of the molecule is OC[C@@H](O)c1cc(C(F)(F)F)cc(C(F)(F)F)c1.O[C@H](COCc1ccccc1)c1cc(C(F)(F)F)cc(C(F)(F)F)c1. The molecule has 3 aromatic carbocycles. The van der Waals surface area contributed by atoms with Gasteiger partial charge in [0.1, 0.15) is 12.2 Å².